The van der Waals surface area contributed by atoms with Crippen molar-refractivity contribution in [2.24, 2.45) is 0 Å². The standard InChI is InChI=1S/C14H13ClN2O2S2/c15-11-4-1-3-10(7-11)8-20-9-13(18)16-17-14(19)12-5-2-6-21-12/h1-7H,8-9H2,(H,16,18)(H,17,19). The minimum atomic E-state index is -0.307. The summed E-state index contributed by atoms with van der Waals surface area (Å²) >= 11 is 8.66. The predicted molar refractivity (Wildman–Crippen MR) is 87.5 cm³/mol. The topological polar surface area (TPSA) is 58.2 Å². The maximum atomic E-state index is 11.6. The molecule has 110 valence electrons. The van der Waals surface area contributed by atoms with Crippen molar-refractivity contribution in [3.63, 3.8) is 0 Å². The Hall–Kier alpha value is -1.50. The van der Waals surface area contributed by atoms with Crippen molar-refractivity contribution in [2.45, 2.75) is 5.75 Å². The zero-order valence-electron chi connectivity index (χ0n) is 11.0. The monoisotopic (exact) mass is 340 g/mol. The van der Waals surface area contributed by atoms with Crippen molar-refractivity contribution in [3.8, 4) is 0 Å². The lowest BCUT2D eigenvalue weighted by Gasteiger charge is -2.06. The summed E-state index contributed by atoms with van der Waals surface area (Å²) in [6, 6.07) is 11.0. The number of nitrogens with one attached hydrogen (secondary N) is 2. The zero-order valence-corrected chi connectivity index (χ0v) is 13.4. The van der Waals surface area contributed by atoms with Crippen molar-refractivity contribution in [2.75, 3.05) is 5.75 Å². The summed E-state index contributed by atoms with van der Waals surface area (Å²) < 4.78 is 0. The van der Waals surface area contributed by atoms with Crippen molar-refractivity contribution in [1.82, 2.24) is 10.9 Å². The largest absolute Gasteiger partial charge is 0.279 e. The lowest BCUT2D eigenvalue weighted by atomic mass is 10.2. The summed E-state index contributed by atoms with van der Waals surface area (Å²) in [6.07, 6.45) is 0. The minimum absolute atomic E-state index is 0.244. The van der Waals surface area contributed by atoms with Crippen LogP contribution in [0.15, 0.2) is 41.8 Å². The van der Waals surface area contributed by atoms with Gasteiger partial charge in [0.2, 0.25) is 5.91 Å². The molecular formula is C14H13ClN2O2S2. The van der Waals surface area contributed by atoms with E-state index in [4.69, 9.17) is 11.6 Å². The Kier molecular flexibility index (Phi) is 6.10. The van der Waals surface area contributed by atoms with Crippen LogP contribution in [0.25, 0.3) is 0 Å². The van der Waals surface area contributed by atoms with Gasteiger partial charge in [0.25, 0.3) is 5.91 Å². The van der Waals surface area contributed by atoms with Crippen LogP contribution in [-0.4, -0.2) is 17.6 Å². The number of carbonyl (C=O) groups excluding carboxylic acids is 2. The van der Waals surface area contributed by atoms with Crippen LogP contribution in [0.2, 0.25) is 5.02 Å². The maximum absolute atomic E-state index is 11.6. The van der Waals surface area contributed by atoms with E-state index in [2.05, 4.69) is 10.9 Å². The average Bonchev–Trinajstić information content (AvgIpc) is 2.99. The van der Waals surface area contributed by atoms with Crippen molar-refractivity contribution in [1.29, 1.82) is 0 Å². The van der Waals surface area contributed by atoms with E-state index in [1.807, 2.05) is 24.3 Å². The minimum Gasteiger partial charge on any atom is -0.272 e. The number of hydrazine groups is 1. The number of thioether (sulfide) groups is 1. The number of carbonyl (C=O) groups is 2. The number of benzene rings is 1. The van der Waals surface area contributed by atoms with Crippen LogP contribution in [0.5, 0.6) is 0 Å². The molecule has 1 aromatic heterocycles. The van der Waals surface area contributed by atoms with Crippen LogP contribution in [0.3, 0.4) is 0 Å². The van der Waals surface area contributed by atoms with Crippen LogP contribution < -0.4 is 10.9 Å². The fourth-order valence-electron chi connectivity index (χ4n) is 1.52. The molecule has 0 aliphatic rings. The molecule has 0 unspecified atom stereocenters. The summed E-state index contributed by atoms with van der Waals surface area (Å²) in [4.78, 5) is 23.8. The average molecular weight is 341 g/mol. The highest BCUT2D eigenvalue weighted by atomic mass is 35.5. The van der Waals surface area contributed by atoms with E-state index in [0.717, 1.165) is 5.56 Å². The first-order chi connectivity index (χ1) is 10.1. The van der Waals surface area contributed by atoms with Crippen LogP contribution >= 0.6 is 34.7 Å². The highest BCUT2D eigenvalue weighted by Gasteiger charge is 2.08. The second kappa shape index (κ2) is 8.07. The van der Waals surface area contributed by atoms with Gasteiger partial charge in [-0.25, -0.2) is 0 Å². The number of thiophene rings is 1. The zero-order chi connectivity index (χ0) is 15.1. The second-order valence-electron chi connectivity index (χ2n) is 4.10. The predicted octanol–water partition coefficient (Wildman–Crippen LogP) is 3.10. The highest BCUT2D eigenvalue weighted by molar-refractivity contribution is 7.99. The molecule has 2 rings (SSSR count). The third-order valence-corrected chi connectivity index (χ3v) is 4.56. The molecule has 4 nitrogen and oxygen atoms in total. The van der Waals surface area contributed by atoms with Crippen LogP contribution in [0.4, 0.5) is 0 Å². The van der Waals surface area contributed by atoms with Gasteiger partial charge in [-0.2, -0.15) is 0 Å². The molecule has 0 bridgehead atoms. The summed E-state index contributed by atoms with van der Waals surface area (Å²) in [5, 5.41) is 2.48. The Morgan fingerprint density at radius 3 is 2.76 bits per heavy atom. The van der Waals surface area contributed by atoms with Crippen molar-refractivity contribution >= 4 is 46.5 Å². The number of hydrogen-bond donors (Lipinski definition) is 2. The summed E-state index contributed by atoms with van der Waals surface area (Å²) in [6.45, 7) is 0. The van der Waals surface area contributed by atoms with Crippen LogP contribution in [0, 0.1) is 0 Å². The molecule has 7 heteroatoms. The van der Waals surface area contributed by atoms with E-state index < -0.39 is 0 Å². The Bertz CT molecular complexity index is 617. The number of rotatable bonds is 5. The van der Waals surface area contributed by atoms with Crippen molar-refractivity contribution in [3.05, 3.63) is 57.2 Å². The molecule has 0 aliphatic heterocycles. The maximum Gasteiger partial charge on any atom is 0.279 e. The molecular weight excluding hydrogens is 328 g/mol. The van der Waals surface area contributed by atoms with Gasteiger partial charge in [0, 0.05) is 10.8 Å². The smallest absolute Gasteiger partial charge is 0.272 e. The fraction of sp³-hybridized carbons (Fsp3) is 0.143. The Balaban J connectivity index is 1.67. The van der Waals surface area contributed by atoms with E-state index in [-0.39, 0.29) is 17.6 Å². The number of halogens is 1. The molecule has 0 saturated carbocycles. The summed E-state index contributed by atoms with van der Waals surface area (Å²) in [7, 11) is 0. The normalized spacial score (nSPS) is 10.1. The van der Waals surface area contributed by atoms with Gasteiger partial charge < -0.3 is 0 Å². The highest BCUT2D eigenvalue weighted by Crippen LogP contribution is 2.16. The van der Waals surface area contributed by atoms with Gasteiger partial charge in [-0.1, -0.05) is 29.8 Å². The van der Waals surface area contributed by atoms with Crippen molar-refractivity contribution < 1.29 is 9.59 Å². The third-order valence-electron chi connectivity index (χ3n) is 2.45. The quantitative estimate of drug-likeness (QED) is 0.822. The van der Waals surface area contributed by atoms with E-state index >= 15 is 0 Å². The molecule has 0 spiro atoms. The van der Waals surface area contributed by atoms with E-state index in [1.54, 1.807) is 17.5 Å². The summed E-state index contributed by atoms with van der Waals surface area (Å²) in [5.74, 6) is 0.398. The van der Waals surface area contributed by atoms with Crippen LogP contribution in [0.1, 0.15) is 15.2 Å². The first kappa shape index (κ1) is 15.9. The molecule has 1 aromatic carbocycles. The molecule has 0 atom stereocenters. The molecule has 0 saturated heterocycles. The second-order valence-corrected chi connectivity index (χ2v) is 6.47. The van der Waals surface area contributed by atoms with Gasteiger partial charge in [0.1, 0.15) is 0 Å². The molecule has 0 aliphatic carbocycles. The molecule has 1 heterocycles. The van der Waals surface area contributed by atoms with Gasteiger partial charge >= 0.3 is 0 Å². The lowest BCUT2D eigenvalue weighted by molar-refractivity contribution is -0.119. The van der Waals surface area contributed by atoms with Gasteiger partial charge in [0.15, 0.2) is 0 Å². The fourth-order valence-corrected chi connectivity index (χ4v) is 3.13. The lowest BCUT2D eigenvalue weighted by Crippen LogP contribution is -2.42. The van der Waals surface area contributed by atoms with E-state index in [0.29, 0.717) is 15.7 Å². The number of amides is 2. The SMILES string of the molecule is O=C(CSCc1cccc(Cl)c1)NNC(=O)c1cccs1. The number of hydrogen-bond acceptors (Lipinski definition) is 4. The van der Waals surface area contributed by atoms with Gasteiger partial charge in [-0.15, -0.1) is 23.1 Å². The van der Waals surface area contributed by atoms with Crippen LogP contribution in [-0.2, 0) is 10.5 Å². The Labute approximate surface area is 135 Å². The molecule has 2 N–H and O–H groups in total. The molecule has 2 aromatic rings. The summed E-state index contributed by atoms with van der Waals surface area (Å²) in [5.41, 5.74) is 5.83. The first-order valence-corrected chi connectivity index (χ1v) is 8.51. The first-order valence-electron chi connectivity index (χ1n) is 6.10. The third kappa shape index (κ3) is 5.41. The van der Waals surface area contributed by atoms with E-state index in [1.165, 1.54) is 23.1 Å². The molecule has 21 heavy (non-hydrogen) atoms. The Morgan fingerprint density at radius 2 is 2.05 bits per heavy atom. The van der Waals surface area contributed by atoms with Gasteiger partial charge in [-0.05, 0) is 29.1 Å². The van der Waals surface area contributed by atoms with E-state index in [9.17, 15) is 9.59 Å². The molecule has 0 radical (unpaired) electrons. The van der Waals surface area contributed by atoms with Gasteiger partial charge in [-0.3, -0.25) is 20.4 Å². The molecule has 2 amide bonds. The molecule has 0 fully saturated rings. The van der Waals surface area contributed by atoms with Gasteiger partial charge in [0.05, 0.1) is 10.6 Å². The Morgan fingerprint density at radius 1 is 1.19 bits per heavy atom.